The number of carboxylic acid groups (broad SMARTS) is 1. The third-order valence-electron chi connectivity index (χ3n) is 1.49. The predicted octanol–water partition coefficient (Wildman–Crippen LogP) is -0.883. The number of rotatable bonds is 6. The quantitative estimate of drug-likeness (QED) is 0.197. The van der Waals surface area contributed by atoms with Crippen LogP contribution in [0.25, 0.3) is 0 Å². The zero-order valence-corrected chi connectivity index (χ0v) is 8.43. The minimum absolute atomic E-state index is 0.131. The molecule has 0 bridgehead atoms. The Balaban J connectivity index is 3.88. The highest BCUT2D eigenvalue weighted by atomic mass is 16.5. The lowest BCUT2D eigenvalue weighted by Gasteiger charge is -2.14. The molecule has 0 saturated heterocycles. The highest BCUT2D eigenvalue weighted by Crippen LogP contribution is 1.93. The minimum atomic E-state index is -1.06. The van der Waals surface area contributed by atoms with E-state index in [2.05, 4.69) is 4.74 Å². The molecule has 0 fully saturated rings. The van der Waals surface area contributed by atoms with Gasteiger partial charge < -0.3 is 9.84 Å². The molecule has 0 radical (unpaired) electrons. The number of hydrogen-bond acceptors (Lipinski definition) is 5. The highest BCUT2D eigenvalue weighted by molar-refractivity contribution is 5.94. The number of hydrazine groups is 1. The number of ether oxygens (including phenoxy) is 1. The molecule has 7 heteroatoms. The Morgan fingerprint density at radius 1 is 1.40 bits per heavy atom. The van der Waals surface area contributed by atoms with Crippen molar-refractivity contribution >= 4 is 17.8 Å². The SMILES string of the molecule is CCOC(=O)CC(=O)N(N)CCC(=O)O. The molecular weight excluding hydrogens is 204 g/mol. The summed E-state index contributed by atoms with van der Waals surface area (Å²) < 4.78 is 4.53. The second-order valence-electron chi connectivity index (χ2n) is 2.71. The van der Waals surface area contributed by atoms with Crippen molar-refractivity contribution in [3.8, 4) is 0 Å². The van der Waals surface area contributed by atoms with Crippen molar-refractivity contribution in [2.45, 2.75) is 19.8 Å². The Morgan fingerprint density at radius 3 is 2.47 bits per heavy atom. The average Bonchev–Trinajstić information content (AvgIpc) is 2.14. The third kappa shape index (κ3) is 6.44. The Bertz CT molecular complexity index is 253. The monoisotopic (exact) mass is 218 g/mol. The van der Waals surface area contributed by atoms with Crippen molar-refractivity contribution in [2.75, 3.05) is 13.2 Å². The minimum Gasteiger partial charge on any atom is -0.481 e. The summed E-state index contributed by atoms with van der Waals surface area (Å²) in [4.78, 5) is 32.2. The van der Waals surface area contributed by atoms with Crippen LogP contribution < -0.4 is 5.84 Å². The van der Waals surface area contributed by atoms with Crippen LogP contribution in [0.4, 0.5) is 0 Å². The van der Waals surface area contributed by atoms with Gasteiger partial charge in [-0.15, -0.1) is 0 Å². The van der Waals surface area contributed by atoms with Gasteiger partial charge in [0.2, 0.25) is 5.91 Å². The number of nitrogens with zero attached hydrogens (tertiary/aromatic N) is 1. The van der Waals surface area contributed by atoms with E-state index in [1.165, 1.54) is 0 Å². The molecule has 0 aromatic rings. The Labute approximate surface area is 86.8 Å². The highest BCUT2D eigenvalue weighted by Gasteiger charge is 2.15. The zero-order valence-electron chi connectivity index (χ0n) is 8.43. The van der Waals surface area contributed by atoms with Gasteiger partial charge in [-0.05, 0) is 6.92 Å². The summed E-state index contributed by atoms with van der Waals surface area (Å²) in [6, 6.07) is 0. The molecule has 15 heavy (non-hydrogen) atoms. The molecule has 7 nitrogen and oxygen atoms in total. The lowest BCUT2D eigenvalue weighted by atomic mass is 10.3. The number of carbonyl (C=O) groups excluding carboxylic acids is 2. The van der Waals surface area contributed by atoms with Gasteiger partial charge in [-0.1, -0.05) is 0 Å². The molecule has 0 spiro atoms. The van der Waals surface area contributed by atoms with Crippen molar-refractivity contribution in [1.29, 1.82) is 0 Å². The Morgan fingerprint density at radius 2 is 2.00 bits per heavy atom. The number of amides is 1. The summed E-state index contributed by atoms with van der Waals surface area (Å²) in [5.74, 6) is 2.83. The zero-order chi connectivity index (χ0) is 11.8. The number of aliphatic carboxylic acids is 1. The van der Waals surface area contributed by atoms with Crippen LogP contribution in [-0.4, -0.2) is 41.1 Å². The molecule has 0 heterocycles. The van der Waals surface area contributed by atoms with E-state index < -0.39 is 24.3 Å². The summed E-state index contributed by atoms with van der Waals surface area (Å²) in [5.41, 5.74) is 0. The smallest absolute Gasteiger partial charge is 0.315 e. The molecule has 0 aliphatic carbocycles. The maximum atomic E-state index is 11.1. The van der Waals surface area contributed by atoms with Gasteiger partial charge in [0.25, 0.3) is 0 Å². The van der Waals surface area contributed by atoms with Gasteiger partial charge in [0, 0.05) is 6.54 Å². The molecule has 0 aliphatic rings. The van der Waals surface area contributed by atoms with E-state index in [-0.39, 0.29) is 19.6 Å². The summed E-state index contributed by atoms with van der Waals surface area (Å²) in [6.07, 6.45) is -0.727. The molecule has 0 aliphatic heterocycles. The van der Waals surface area contributed by atoms with Crippen LogP contribution in [0, 0.1) is 0 Å². The van der Waals surface area contributed by atoms with E-state index in [0.717, 1.165) is 0 Å². The number of nitrogens with two attached hydrogens (primary N) is 1. The molecule has 0 aromatic heterocycles. The van der Waals surface area contributed by atoms with Crippen LogP contribution in [-0.2, 0) is 19.1 Å². The lowest BCUT2D eigenvalue weighted by Crippen LogP contribution is -2.40. The van der Waals surface area contributed by atoms with Crippen LogP contribution >= 0.6 is 0 Å². The Hall–Kier alpha value is -1.63. The summed E-state index contributed by atoms with van der Waals surface area (Å²) >= 11 is 0. The Kier molecular flexibility index (Phi) is 6.03. The topological polar surface area (TPSA) is 110 Å². The molecule has 0 unspecified atom stereocenters. The van der Waals surface area contributed by atoms with Crippen molar-refractivity contribution < 1.29 is 24.2 Å². The lowest BCUT2D eigenvalue weighted by molar-refractivity contribution is -0.148. The molecule has 0 atom stereocenters. The van der Waals surface area contributed by atoms with Gasteiger partial charge in [0.15, 0.2) is 0 Å². The van der Waals surface area contributed by atoms with E-state index in [0.29, 0.717) is 5.01 Å². The van der Waals surface area contributed by atoms with Crippen molar-refractivity contribution in [1.82, 2.24) is 5.01 Å². The molecule has 1 amide bonds. The van der Waals surface area contributed by atoms with Crippen LogP contribution in [0.2, 0.25) is 0 Å². The number of carbonyl (C=O) groups is 3. The van der Waals surface area contributed by atoms with Gasteiger partial charge in [-0.2, -0.15) is 0 Å². The normalized spacial score (nSPS) is 9.47. The standard InChI is InChI=1S/C8H14N2O5/c1-2-15-8(14)5-6(11)10(9)4-3-7(12)13/h2-5,9H2,1H3,(H,12,13). The summed E-state index contributed by atoms with van der Waals surface area (Å²) in [6.45, 7) is 1.67. The number of esters is 1. The maximum Gasteiger partial charge on any atom is 0.315 e. The van der Waals surface area contributed by atoms with E-state index in [4.69, 9.17) is 10.9 Å². The second kappa shape index (κ2) is 6.77. The van der Waals surface area contributed by atoms with Gasteiger partial charge >= 0.3 is 11.9 Å². The van der Waals surface area contributed by atoms with Crippen molar-refractivity contribution in [3.63, 3.8) is 0 Å². The van der Waals surface area contributed by atoms with Crippen LogP contribution in [0.5, 0.6) is 0 Å². The van der Waals surface area contributed by atoms with Crippen molar-refractivity contribution in [3.05, 3.63) is 0 Å². The predicted molar refractivity (Wildman–Crippen MR) is 49.4 cm³/mol. The molecule has 0 aromatic carbocycles. The molecular formula is C8H14N2O5. The van der Waals surface area contributed by atoms with E-state index in [1.54, 1.807) is 6.92 Å². The summed E-state index contributed by atoms with van der Waals surface area (Å²) in [5, 5.41) is 9.02. The van der Waals surface area contributed by atoms with E-state index in [9.17, 15) is 14.4 Å². The van der Waals surface area contributed by atoms with Gasteiger partial charge in [-0.25, -0.2) is 5.84 Å². The van der Waals surface area contributed by atoms with E-state index >= 15 is 0 Å². The number of hydrogen-bond donors (Lipinski definition) is 2. The molecule has 3 N–H and O–H groups in total. The molecule has 0 saturated carbocycles. The van der Waals surface area contributed by atoms with Crippen molar-refractivity contribution in [2.24, 2.45) is 5.84 Å². The van der Waals surface area contributed by atoms with Crippen LogP contribution in [0.15, 0.2) is 0 Å². The number of carboxylic acids is 1. The first-order valence-electron chi connectivity index (χ1n) is 4.39. The second-order valence-corrected chi connectivity index (χ2v) is 2.71. The first kappa shape index (κ1) is 13.4. The first-order chi connectivity index (χ1) is 6.97. The maximum absolute atomic E-state index is 11.1. The largest absolute Gasteiger partial charge is 0.481 e. The van der Waals surface area contributed by atoms with E-state index in [1.807, 2.05) is 0 Å². The van der Waals surface area contributed by atoms with Gasteiger partial charge in [0.05, 0.1) is 13.0 Å². The fraction of sp³-hybridized carbons (Fsp3) is 0.625. The van der Waals surface area contributed by atoms with Gasteiger partial charge in [0.1, 0.15) is 6.42 Å². The first-order valence-corrected chi connectivity index (χ1v) is 4.39. The van der Waals surface area contributed by atoms with Gasteiger partial charge in [-0.3, -0.25) is 19.4 Å². The fourth-order valence-electron chi connectivity index (χ4n) is 0.778. The average molecular weight is 218 g/mol. The van der Waals surface area contributed by atoms with Crippen LogP contribution in [0.3, 0.4) is 0 Å². The fourth-order valence-corrected chi connectivity index (χ4v) is 0.778. The molecule has 0 rings (SSSR count). The molecule has 86 valence electrons. The third-order valence-corrected chi connectivity index (χ3v) is 1.49. The summed E-state index contributed by atoms with van der Waals surface area (Å²) in [7, 11) is 0. The van der Waals surface area contributed by atoms with Crippen LogP contribution in [0.1, 0.15) is 19.8 Å².